The van der Waals surface area contributed by atoms with Crippen LogP contribution in [0.1, 0.15) is 33.4 Å². The molecule has 0 aliphatic carbocycles. The van der Waals surface area contributed by atoms with E-state index in [0.717, 1.165) is 0 Å². The summed E-state index contributed by atoms with van der Waals surface area (Å²) in [5.41, 5.74) is 7.81. The lowest BCUT2D eigenvalue weighted by molar-refractivity contribution is 1.21. The van der Waals surface area contributed by atoms with Crippen LogP contribution < -0.4 is 0 Å². The monoisotopic (exact) mass is 186 g/mol. The molecular formula is C14H18. The van der Waals surface area contributed by atoms with Crippen LogP contribution in [0.15, 0.2) is 13.2 Å². The van der Waals surface area contributed by atoms with E-state index in [9.17, 15) is 0 Å². The summed E-state index contributed by atoms with van der Waals surface area (Å²) in [5, 5.41) is 0. The lowest BCUT2D eigenvalue weighted by Crippen LogP contribution is -1.98. The normalized spacial score (nSPS) is 10.0. The zero-order valence-corrected chi connectivity index (χ0v) is 9.57. The second-order valence-corrected chi connectivity index (χ2v) is 3.74. The maximum absolute atomic E-state index is 3.86. The predicted octanol–water partition coefficient (Wildman–Crippen LogP) is 4.21. The molecule has 1 rings (SSSR count). The zero-order valence-electron chi connectivity index (χ0n) is 9.57. The van der Waals surface area contributed by atoms with E-state index in [1.165, 1.54) is 33.4 Å². The highest BCUT2D eigenvalue weighted by Crippen LogP contribution is 2.27. The lowest BCUT2D eigenvalue weighted by Gasteiger charge is -2.16. The molecule has 14 heavy (non-hydrogen) atoms. The molecule has 0 aromatic heterocycles. The van der Waals surface area contributed by atoms with E-state index in [-0.39, 0.29) is 0 Å². The smallest absolute Gasteiger partial charge is 0.0195 e. The fourth-order valence-electron chi connectivity index (χ4n) is 2.01. The molecule has 0 heterocycles. The predicted molar refractivity (Wildman–Crippen MR) is 65.6 cm³/mol. The van der Waals surface area contributed by atoms with Crippen LogP contribution >= 0.6 is 0 Å². The van der Waals surface area contributed by atoms with E-state index in [1.807, 2.05) is 12.2 Å². The molecule has 0 nitrogen and oxygen atoms in total. The first-order chi connectivity index (χ1) is 6.54. The van der Waals surface area contributed by atoms with Gasteiger partial charge in [-0.2, -0.15) is 0 Å². The van der Waals surface area contributed by atoms with Gasteiger partial charge in [-0.05, 0) is 61.1 Å². The maximum Gasteiger partial charge on any atom is -0.0195 e. The van der Waals surface area contributed by atoms with Gasteiger partial charge in [-0.1, -0.05) is 25.3 Å². The van der Waals surface area contributed by atoms with Crippen molar-refractivity contribution in [1.82, 2.24) is 0 Å². The molecule has 1 aromatic rings. The molecule has 0 bridgehead atoms. The fourth-order valence-corrected chi connectivity index (χ4v) is 2.01. The summed E-state index contributed by atoms with van der Waals surface area (Å²) in [7, 11) is 0. The summed E-state index contributed by atoms with van der Waals surface area (Å²) in [6, 6.07) is 0. The third kappa shape index (κ3) is 1.41. The molecule has 0 radical (unpaired) electrons. The van der Waals surface area contributed by atoms with Crippen LogP contribution in [0.5, 0.6) is 0 Å². The maximum atomic E-state index is 3.86. The Balaban J connectivity index is 3.72. The van der Waals surface area contributed by atoms with Gasteiger partial charge >= 0.3 is 0 Å². The van der Waals surface area contributed by atoms with Crippen LogP contribution in [0.3, 0.4) is 0 Å². The molecular weight excluding hydrogens is 168 g/mol. The highest BCUT2D eigenvalue weighted by atomic mass is 14.1. The van der Waals surface area contributed by atoms with Gasteiger partial charge in [-0.15, -0.1) is 0 Å². The average molecular weight is 186 g/mol. The molecule has 0 heteroatoms. The molecule has 0 amide bonds. The van der Waals surface area contributed by atoms with Crippen molar-refractivity contribution in [3.05, 3.63) is 46.5 Å². The fraction of sp³-hybridized carbons (Fsp3) is 0.286. The largest absolute Gasteiger partial charge is 0.0984 e. The molecule has 0 spiro atoms. The quantitative estimate of drug-likeness (QED) is 0.649. The van der Waals surface area contributed by atoms with Crippen LogP contribution in [-0.4, -0.2) is 0 Å². The molecule has 0 aliphatic rings. The topological polar surface area (TPSA) is 0 Å². The van der Waals surface area contributed by atoms with Crippen molar-refractivity contribution in [1.29, 1.82) is 0 Å². The van der Waals surface area contributed by atoms with Gasteiger partial charge in [-0.25, -0.2) is 0 Å². The SMILES string of the molecule is C=Cc1c(C)c(C)c(C)c(C=C)c1C. The molecule has 0 fully saturated rings. The second-order valence-electron chi connectivity index (χ2n) is 3.74. The summed E-state index contributed by atoms with van der Waals surface area (Å²) < 4.78 is 0. The van der Waals surface area contributed by atoms with E-state index in [1.54, 1.807) is 0 Å². The van der Waals surface area contributed by atoms with Crippen molar-refractivity contribution >= 4 is 12.2 Å². The van der Waals surface area contributed by atoms with Gasteiger partial charge < -0.3 is 0 Å². The minimum absolute atomic E-state index is 1.25. The Morgan fingerprint density at radius 1 is 0.643 bits per heavy atom. The number of hydrogen-bond donors (Lipinski definition) is 0. The van der Waals surface area contributed by atoms with Gasteiger partial charge in [0.2, 0.25) is 0 Å². The average Bonchev–Trinajstić information content (AvgIpc) is 2.16. The van der Waals surface area contributed by atoms with Gasteiger partial charge in [0, 0.05) is 0 Å². The van der Waals surface area contributed by atoms with Gasteiger partial charge in [0.05, 0.1) is 0 Å². The minimum atomic E-state index is 1.25. The van der Waals surface area contributed by atoms with Crippen molar-refractivity contribution < 1.29 is 0 Å². The molecule has 74 valence electrons. The molecule has 0 atom stereocenters. The van der Waals surface area contributed by atoms with Crippen LogP contribution in [0.4, 0.5) is 0 Å². The first-order valence-electron chi connectivity index (χ1n) is 4.89. The summed E-state index contributed by atoms with van der Waals surface area (Å²) in [6.45, 7) is 16.3. The molecule has 0 saturated heterocycles. The van der Waals surface area contributed by atoms with Crippen molar-refractivity contribution in [3.63, 3.8) is 0 Å². The third-order valence-electron chi connectivity index (χ3n) is 3.15. The van der Waals surface area contributed by atoms with Gasteiger partial charge in [0.1, 0.15) is 0 Å². The molecule has 1 aromatic carbocycles. The first-order valence-corrected chi connectivity index (χ1v) is 4.89. The lowest BCUT2D eigenvalue weighted by atomic mass is 9.89. The molecule has 0 aliphatic heterocycles. The Hall–Kier alpha value is -1.30. The first kappa shape index (κ1) is 10.8. The number of hydrogen-bond acceptors (Lipinski definition) is 0. The Bertz CT molecular complexity index is 360. The molecule has 0 saturated carbocycles. The van der Waals surface area contributed by atoms with Crippen LogP contribution in [0, 0.1) is 27.7 Å². The highest BCUT2D eigenvalue weighted by Gasteiger charge is 2.10. The van der Waals surface area contributed by atoms with Crippen molar-refractivity contribution in [2.45, 2.75) is 27.7 Å². The summed E-state index contributed by atoms with van der Waals surface area (Å²) in [4.78, 5) is 0. The van der Waals surface area contributed by atoms with Crippen molar-refractivity contribution in [2.24, 2.45) is 0 Å². The van der Waals surface area contributed by atoms with Crippen molar-refractivity contribution in [3.8, 4) is 0 Å². The van der Waals surface area contributed by atoms with E-state index in [4.69, 9.17) is 0 Å². The van der Waals surface area contributed by atoms with Gasteiger partial charge in [-0.3, -0.25) is 0 Å². The summed E-state index contributed by atoms with van der Waals surface area (Å²) >= 11 is 0. The standard InChI is InChI=1S/C14H18/c1-7-13-10(4)9(3)11(5)14(8-2)12(13)6/h7-8H,1-2H2,3-6H3. The Labute approximate surface area is 87.0 Å². The molecule has 0 N–H and O–H groups in total. The third-order valence-corrected chi connectivity index (χ3v) is 3.15. The second kappa shape index (κ2) is 3.83. The van der Waals surface area contributed by atoms with Crippen LogP contribution in [0.2, 0.25) is 0 Å². The number of rotatable bonds is 2. The number of benzene rings is 1. The highest BCUT2D eigenvalue weighted by molar-refractivity contribution is 5.69. The van der Waals surface area contributed by atoms with Crippen LogP contribution in [-0.2, 0) is 0 Å². The minimum Gasteiger partial charge on any atom is -0.0984 e. The van der Waals surface area contributed by atoms with Crippen LogP contribution in [0.25, 0.3) is 12.2 Å². The Morgan fingerprint density at radius 2 is 1.00 bits per heavy atom. The van der Waals surface area contributed by atoms with E-state index >= 15 is 0 Å². The van der Waals surface area contributed by atoms with E-state index in [0.29, 0.717) is 0 Å². The van der Waals surface area contributed by atoms with E-state index < -0.39 is 0 Å². The summed E-state index contributed by atoms with van der Waals surface area (Å²) in [6.07, 6.45) is 3.87. The van der Waals surface area contributed by atoms with E-state index in [2.05, 4.69) is 40.9 Å². The summed E-state index contributed by atoms with van der Waals surface area (Å²) in [5.74, 6) is 0. The Kier molecular flexibility index (Phi) is 2.95. The zero-order chi connectivity index (χ0) is 10.9. The van der Waals surface area contributed by atoms with Gasteiger partial charge in [0.25, 0.3) is 0 Å². The van der Waals surface area contributed by atoms with Gasteiger partial charge in [0.15, 0.2) is 0 Å². The molecule has 0 unspecified atom stereocenters. The Morgan fingerprint density at radius 3 is 1.29 bits per heavy atom. The van der Waals surface area contributed by atoms with Crippen molar-refractivity contribution in [2.75, 3.05) is 0 Å².